The molecule has 0 amide bonds. The number of aryl methyl sites for hydroxylation is 2. The van der Waals surface area contributed by atoms with E-state index >= 15 is 0 Å². The predicted octanol–water partition coefficient (Wildman–Crippen LogP) is 6.14. The monoisotopic (exact) mass is 437 g/mol. The highest BCUT2D eigenvalue weighted by Gasteiger charge is 2.19. The van der Waals surface area contributed by atoms with Gasteiger partial charge in [-0.05, 0) is 57.5 Å². The van der Waals surface area contributed by atoms with Crippen molar-refractivity contribution < 1.29 is 8.81 Å². The van der Waals surface area contributed by atoms with E-state index < -0.39 is 5.82 Å². The van der Waals surface area contributed by atoms with Gasteiger partial charge >= 0.3 is 0 Å². The van der Waals surface area contributed by atoms with Crippen LogP contribution in [0.25, 0.3) is 22.3 Å². The number of nitrogens with zero attached hydrogens (tertiary/aromatic N) is 2. The van der Waals surface area contributed by atoms with E-state index in [4.69, 9.17) is 16.0 Å². The van der Waals surface area contributed by atoms with E-state index in [1.807, 2.05) is 39.0 Å². The molecule has 4 rings (SSSR count). The van der Waals surface area contributed by atoms with Crippen LogP contribution in [0.5, 0.6) is 0 Å². The van der Waals surface area contributed by atoms with Crippen molar-refractivity contribution in [3.63, 3.8) is 0 Å². The van der Waals surface area contributed by atoms with Crippen molar-refractivity contribution in [3.8, 4) is 11.3 Å². The molecule has 4 aromatic rings. The molecule has 1 N–H and O–H groups in total. The molecule has 31 heavy (non-hydrogen) atoms. The average molecular weight is 438 g/mol. The average Bonchev–Trinajstić information content (AvgIpc) is 2.72. The molecule has 1 atom stereocenters. The summed E-state index contributed by atoms with van der Waals surface area (Å²) in [5.41, 5.74) is 4.48. The Morgan fingerprint density at radius 1 is 1.13 bits per heavy atom. The predicted molar refractivity (Wildman–Crippen MR) is 121 cm³/mol. The highest BCUT2D eigenvalue weighted by molar-refractivity contribution is 6.29. The molecule has 7 heteroatoms. The zero-order valence-electron chi connectivity index (χ0n) is 17.6. The lowest BCUT2D eigenvalue weighted by molar-refractivity contribution is 0.598. The lowest BCUT2D eigenvalue weighted by Crippen LogP contribution is -2.13. The molecule has 1 aromatic carbocycles. The van der Waals surface area contributed by atoms with Crippen LogP contribution in [0, 0.1) is 26.6 Å². The molecule has 0 saturated carbocycles. The number of nitrogens with one attached hydrogen (secondary N) is 1. The van der Waals surface area contributed by atoms with E-state index in [2.05, 4.69) is 15.3 Å². The minimum Gasteiger partial charge on any atom is -0.455 e. The molecule has 3 aromatic heterocycles. The number of aromatic nitrogens is 2. The van der Waals surface area contributed by atoms with Gasteiger partial charge in [0.25, 0.3) is 0 Å². The number of rotatable bonds is 4. The summed E-state index contributed by atoms with van der Waals surface area (Å²) < 4.78 is 20.0. The van der Waals surface area contributed by atoms with E-state index in [9.17, 15) is 9.18 Å². The fourth-order valence-electron chi connectivity index (χ4n) is 3.69. The first-order valence-electron chi connectivity index (χ1n) is 9.83. The molecular formula is C24H21ClFN3O2. The first-order chi connectivity index (χ1) is 14.7. The zero-order valence-corrected chi connectivity index (χ0v) is 18.3. The molecule has 0 radical (unpaired) electrons. The normalized spacial score (nSPS) is 12.2. The zero-order chi connectivity index (χ0) is 22.3. The van der Waals surface area contributed by atoms with Crippen molar-refractivity contribution in [3.05, 3.63) is 86.3 Å². The molecule has 0 spiro atoms. The van der Waals surface area contributed by atoms with E-state index in [0.717, 1.165) is 28.7 Å². The minimum atomic E-state index is -0.496. The molecule has 5 nitrogen and oxygen atoms in total. The summed E-state index contributed by atoms with van der Waals surface area (Å²) >= 11 is 5.97. The topological polar surface area (TPSA) is 68.0 Å². The van der Waals surface area contributed by atoms with Crippen molar-refractivity contribution in [2.45, 2.75) is 33.7 Å². The fourth-order valence-corrected chi connectivity index (χ4v) is 3.88. The number of hydrogen-bond acceptors (Lipinski definition) is 5. The minimum absolute atomic E-state index is 0.151. The van der Waals surface area contributed by atoms with E-state index in [0.29, 0.717) is 33.0 Å². The number of anilines is 1. The lowest BCUT2D eigenvalue weighted by Gasteiger charge is -2.19. The molecule has 0 aliphatic carbocycles. The highest BCUT2D eigenvalue weighted by Crippen LogP contribution is 2.32. The third-order valence-corrected chi connectivity index (χ3v) is 5.46. The first-order valence-corrected chi connectivity index (χ1v) is 10.2. The Morgan fingerprint density at radius 2 is 1.90 bits per heavy atom. The molecule has 158 valence electrons. The van der Waals surface area contributed by atoms with Crippen LogP contribution in [0.2, 0.25) is 5.15 Å². The summed E-state index contributed by atoms with van der Waals surface area (Å²) in [5.74, 6) is -0.185. The van der Waals surface area contributed by atoms with Crippen molar-refractivity contribution in [1.82, 2.24) is 9.97 Å². The number of halogens is 2. The molecule has 0 aliphatic rings. The van der Waals surface area contributed by atoms with Crippen LogP contribution in [-0.4, -0.2) is 9.97 Å². The van der Waals surface area contributed by atoms with Gasteiger partial charge in [0.1, 0.15) is 22.3 Å². The molecule has 0 aliphatic heterocycles. The van der Waals surface area contributed by atoms with Crippen molar-refractivity contribution in [2.24, 2.45) is 0 Å². The number of benzene rings is 1. The van der Waals surface area contributed by atoms with Crippen LogP contribution in [0.3, 0.4) is 0 Å². The highest BCUT2D eigenvalue weighted by atomic mass is 35.5. The summed E-state index contributed by atoms with van der Waals surface area (Å²) in [6.45, 7) is 7.46. The van der Waals surface area contributed by atoms with Crippen molar-refractivity contribution in [2.75, 3.05) is 5.32 Å². The molecule has 1 unspecified atom stereocenters. The summed E-state index contributed by atoms with van der Waals surface area (Å²) in [6.07, 6.45) is 2.60. The lowest BCUT2D eigenvalue weighted by atomic mass is 9.99. The largest absolute Gasteiger partial charge is 0.455 e. The van der Waals surface area contributed by atoms with Gasteiger partial charge < -0.3 is 9.73 Å². The molecule has 3 heterocycles. The fraction of sp³-hybridized carbons (Fsp3) is 0.208. The van der Waals surface area contributed by atoms with Gasteiger partial charge in [0, 0.05) is 22.9 Å². The van der Waals surface area contributed by atoms with Crippen LogP contribution in [0.15, 0.2) is 51.9 Å². The Bertz CT molecular complexity index is 1370. The van der Waals surface area contributed by atoms with E-state index in [1.165, 1.54) is 12.3 Å². The Kier molecular flexibility index (Phi) is 5.50. The second kappa shape index (κ2) is 8.12. The van der Waals surface area contributed by atoms with Gasteiger partial charge in [-0.3, -0.25) is 9.78 Å². The standard InChI is InChI=1S/C24H21ClFN3O2/c1-12-7-18(14(3)28-20-5-6-21(25)29-15(20)4)24-19(8-12)22(30)13(2)23(31-24)16-9-17(26)11-27-10-16/h5-11,14,28H,1-4H3. The van der Waals surface area contributed by atoms with Gasteiger partial charge in [0.2, 0.25) is 0 Å². The van der Waals surface area contributed by atoms with Crippen LogP contribution in [0.1, 0.15) is 35.3 Å². The summed E-state index contributed by atoms with van der Waals surface area (Å²) in [5, 5.41) is 4.33. The van der Waals surface area contributed by atoms with Crippen LogP contribution in [-0.2, 0) is 0 Å². The van der Waals surface area contributed by atoms with Crippen LogP contribution < -0.4 is 10.7 Å². The van der Waals surface area contributed by atoms with E-state index in [1.54, 1.807) is 13.0 Å². The van der Waals surface area contributed by atoms with Crippen molar-refractivity contribution in [1.29, 1.82) is 0 Å². The maximum atomic E-state index is 13.8. The second-order valence-electron chi connectivity index (χ2n) is 7.64. The SMILES string of the molecule is Cc1cc(C(C)Nc2ccc(Cl)nc2C)c2oc(-c3cncc(F)c3)c(C)c(=O)c2c1. The van der Waals surface area contributed by atoms with Gasteiger partial charge in [-0.15, -0.1) is 0 Å². The first kappa shape index (κ1) is 21.0. The van der Waals surface area contributed by atoms with E-state index in [-0.39, 0.29) is 11.5 Å². The van der Waals surface area contributed by atoms with Gasteiger partial charge in [-0.25, -0.2) is 9.37 Å². The van der Waals surface area contributed by atoms with Crippen LogP contribution in [0.4, 0.5) is 10.1 Å². The van der Waals surface area contributed by atoms with Crippen molar-refractivity contribution >= 4 is 28.3 Å². The Hall–Kier alpha value is -3.25. The summed E-state index contributed by atoms with van der Waals surface area (Å²) in [7, 11) is 0. The Morgan fingerprint density at radius 3 is 2.61 bits per heavy atom. The summed E-state index contributed by atoms with van der Waals surface area (Å²) in [6, 6.07) is 8.48. The van der Waals surface area contributed by atoms with Gasteiger partial charge in [-0.1, -0.05) is 17.7 Å². The maximum Gasteiger partial charge on any atom is 0.196 e. The Labute approximate surface area is 183 Å². The van der Waals surface area contributed by atoms with Gasteiger partial charge in [-0.2, -0.15) is 0 Å². The van der Waals surface area contributed by atoms with Gasteiger partial charge in [0.05, 0.1) is 29.0 Å². The second-order valence-corrected chi connectivity index (χ2v) is 8.03. The third-order valence-electron chi connectivity index (χ3n) is 5.25. The number of hydrogen-bond donors (Lipinski definition) is 1. The Balaban J connectivity index is 1.89. The smallest absolute Gasteiger partial charge is 0.196 e. The molecule has 0 saturated heterocycles. The quantitative estimate of drug-likeness (QED) is 0.388. The maximum absolute atomic E-state index is 13.8. The molecular weight excluding hydrogens is 417 g/mol. The number of fused-ring (bicyclic) bond motifs is 1. The third kappa shape index (κ3) is 4.03. The van der Waals surface area contributed by atoms with Gasteiger partial charge in [0.15, 0.2) is 5.43 Å². The molecule has 0 bridgehead atoms. The van der Waals surface area contributed by atoms with Crippen LogP contribution >= 0.6 is 11.6 Å². The number of pyridine rings is 2. The summed E-state index contributed by atoms with van der Waals surface area (Å²) in [4.78, 5) is 21.3. The molecule has 0 fully saturated rings.